The maximum absolute atomic E-state index is 6.00. The van der Waals surface area contributed by atoms with Gasteiger partial charge in [-0.25, -0.2) is 0 Å². The molecule has 2 heterocycles. The van der Waals surface area contributed by atoms with Gasteiger partial charge < -0.3 is 11.1 Å². The summed E-state index contributed by atoms with van der Waals surface area (Å²) < 4.78 is 0. The van der Waals surface area contributed by atoms with Crippen molar-refractivity contribution in [2.75, 3.05) is 11.1 Å². The largest absolute Gasteiger partial charge is 0.398 e. The summed E-state index contributed by atoms with van der Waals surface area (Å²) >= 11 is 0. The lowest BCUT2D eigenvalue weighted by Gasteiger charge is -2.11. The van der Waals surface area contributed by atoms with E-state index in [0.29, 0.717) is 6.54 Å². The first-order valence-corrected chi connectivity index (χ1v) is 6.52. The number of nitrogens with one attached hydrogen (secondary N) is 1. The first kappa shape index (κ1) is 12.4. The van der Waals surface area contributed by atoms with E-state index >= 15 is 0 Å². The number of aromatic nitrogens is 2. The molecule has 2 aromatic heterocycles. The van der Waals surface area contributed by atoms with Gasteiger partial charge in [0.25, 0.3) is 0 Å². The summed E-state index contributed by atoms with van der Waals surface area (Å²) in [7, 11) is 0. The fourth-order valence-corrected chi connectivity index (χ4v) is 2.21. The Labute approximate surface area is 117 Å². The van der Waals surface area contributed by atoms with Crippen LogP contribution in [0.4, 0.5) is 11.4 Å². The zero-order valence-electron chi connectivity index (χ0n) is 11.3. The van der Waals surface area contributed by atoms with Gasteiger partial charge in [0.05, 0.1) is 12.2 Å². The molecule has 3 rings (SSSR count). The van der Waals surface area contributed by atoms with Crippen LogP contribution < -0.4 is 11.1 Å². The molecule has 0 aliphatic heterocycles. The number of nitrogens with zero attached hydrogens (tertiary/aromatic N) is 2. The number of nitrogen functional groups attached to an aromatic ring is 1. The van der Waals surface area contributed by atoms with E-state index in [2.05, 4.69) is 15.3 Å². The van der Waals surface area contributed by atoms with Crippen LogP contribution in [0.25, 0.3) is 10.8 Å². The Morgan fingerprint density at radius 1 is 1.10 bits per heavy atom. The molecule has 0 atom stereocenters. The van der Waals surface area contributed by atoms with Crippen LogP contribution in [0.5, 0.6) is 0 Å². The molecule has 0 bridgehead atoms. The second kappa shape index (κ2) is 5.17. The Bertz CT molecular complexity index is 738. The molecular weight excluding hydrogens is 248 g/mol. The van der Waals surface area contributed by atoms with Gasteiger partial charge in [-0.1, -0.05) is 6.07 Å². The molecular formula is C16H16N4. The number of benzene rings is 1. The van der Waals surface area contributed by atoms with Gasteiger partial charge in [0.15, 0.2) is 0 Å². The van der Waals surface area contributed by atoms with Gasteiger partial charge in [0, 0.05) is 40.2 Å². The molecule has 20 heavy (non-hydrogen) atoms. The maximum Gasteiger partial charge on any atom is 0.0594 e. The molecule has 0 amide bonds. The van der Waals surface area contributed by atoms with Gasteiger partial charge in [0.2, 0.25) is 0 Å². The molecule has 100 valence electrons. The standard InChI is InChI=1S/C16H16N4/c1-11-8-13-14(10-19-11)15(17)5-6-16(13)20-9-12-4-2-3-7-18-12/h2-8,10,20H,9,17H2,1H3. The lowest BCUT2D eigenvalue weighted by molar-refractivity contribution is 1.05. The minimum absolute atomic E-state index is 0.682. The topological polar surface area (TPSA) is 63.8 Å². The van der Waals surface area contributed by atoms with Crippen LogP contribution in [0.3, 0.4) is 0 Å². The quantitative estimate of drug-likeness (QED) is 0.713. The molecule has 3 N–H and O–H groups in total. The number of pyridine rings is 2. The summed E-state index contributed by atoms with van der Waals surface area (Å²) in [6, 6.07) is 11.8. The number of anilines is 2. The number of rotatable bonds is 3. The number of aryl methyl sites for hydroxylation is 1. The Morgan fingerprint density at radius 3 is 2.80 bits per heavy atom. The van der Waals surface area contributed by atoms with Crippen molar-refractivity contribution in [1.82, 2.24) is 9.97 Å². The van der Waals surface area contributed by atoms with Gasteiger partial charge in [-0.3, -0.25) is 9.97 Å². The fraction of sp³-hybridized carbons (Fsp3) is 0.125. The van der Waals surface area contributed by atoms with Crippen molar-refractivity contribution in [3.05, 3.63) is 60.2 Å². The van der Waals surface area contributed by atoms with Crippen LogP contribution in [0, 0.1) is 6.92 Å². The lowest BCUT2D eigenvalue weighted by Crippen LogP contribution is -2.02. The van der Waals surface area contributed by atoms with Crippen LogP contribution in [0.1, 0.15) is 11.4 Å². The molecule has 0 unspecified atom stereocenters. The lowest BCUT2D eigenvalue weighted by atomic mass is 10.1. The molecule has 4 heteroatoms. The SMILES string of the molecule is Cc1cc2c(NCc3ccccn3)ccc(N)c2cn1. The first-order chi connectivity index (χ1) is 9.74. The maximum atomic E-state index is 6.00. The van der Waals surface area contributed by atoms with Crippen LogP contribution >= 0.6 is 0 Å². The normalized spacial score (nSPS) is 10.7. The summed E-state index contributed by atoms with van der Waals surface area (Å²) in [6.07, 6.45) is 3.62. The van der Waals surface area contributed by atoms with Crippen molar-refractivity contribution < 1.29 is 0 Å². The van der Waals surface area contributed by atoms with Crippen molar-refractivity contribution in [3.8, 4) is 0 Å². The third kappa shape index (κ3) is 2.40. The highest BCUT2D eigenvalue weighted by Gasteiger charge is 2.05. The molecule has 0 aliphatic rings. The monoisotopic (exact) mass is 264 g/mol. The van der Waals surface area contributed by atoms with Crippen molar-refractivity contribution >= 4 is 22.1 Å². The molecule has 0 saturated carbocycles. The van der Waals surface area contributed by atoms with E-state index in [1.54, 1.807) is 6.20 Å². The molecule has 0 radical (unpaired) electrons. The average Bonchev–Trinajstić information content (AvgIpc) is 2.47. The molecule has 1 aromatic carbocycles. The third-order valence-electron chi connectivity index (χ3n) is 3.26. The van der Waals surface area contributed by atoms with Gasteiger partial charge in [0.1, 0.15) is 0 Å². The van der Waals surface area contributed by atoms with E-state index in [-0.39, 0.29) is 0 Å². The average molecular weight is 264 g/mol. The molecule has 3 aromatic rings. The van der Waals surface area contributed by atoms with E-state index in [9.17, 15) is 0 Å². The van der Waals surface area contributed by atoms with E-state index in [1.807, 2.05) is 49.5 Å². The minimum atomic E-state index is 0.682. The van der Waals surface area contributed by atoms with Crippen LogP contribution in [-0.2, 0) is 6.54 Å². The molecule has 0 fully saturated rings. The Hall–Kier alpha value is -2.62. The van der Waals surface area contributed by atoms with Crippen molar-refractivity contribution in [3.63, 3.8) is 0 Å². The predicted molar refractivity (Wildman–Crippen MR) is 82.5 cm³/mol. The zero-order valence-corrected chi connectivity index (χ0v) is 11.3. The van der Waals surface area contributed by atoms with E-state index in [0.717, 1.165) is 33.5 Å². The summed E-state index contributed by atoms with van der Waals surface area (Å²) in [5.41, 5.74) is 9.77. The number of nitrogens with two attached hydrogens (primary N) is 1. The molecule has 0 aliphatic carbocycles. The van der Waals surface area contributed by atoms with Gasteiger partial charge in [-0.2, -0.15) is 0 Å². The summed E-state index contributed by atoms with van der Waals surface area (Å²) in [4.78, 5) is 8.62. The first-order valence-electron chi connectivity index (χ1n) is 6.52. The van der Waals surface area contributed by atoms with Gasteiger partial charge >= 0.3 is 0 Å². The molecule has 0 saturated heterocycles. The summed E-state index contributed by atoms with van der Waals surface area (Å²) in [5.74, 6) is 0. The van der Waals surface area contributed by atoms with E-state index in [4.69, 9.17) is 5.73 Å². The van der Waals surface area contributed by atoms with Crippen LogP contribution in [0.2, 0.25) is 0 Å². The van der Waals surface area contributed by atoms with Crippen molar-refractivity contribution in [2.45, 2.75) is 13.5 Å². The van der Waals surface area contributed by atoms with Gasteiger partial charge in [-0.15, -0.1) is 0 Å². The number of hydrogen-bond acceptors (Lipinski definition) is 4. The summed E-state index contributed by atoms with van der Waals surface area (Å²) in [5, 5.41) is 5.48. The van der Waals surface area contributed by atoms with E-state index < -0.39 is 0 Å². The third-order valence-corrected chi connectivity index (χ3v) is 3.26. The fourth-order valence-electron chi connectivity index (χ4n) is 2.21. The minimum Gasteiger partial charge on any atom is -0.398 e. The second-order valence-electron chi connectivity index (χ2n) is 4.75. The summed E-state index contributed by atoms with van der Waals surface area (Å²) in [6.45, 7) is 2.66. The van der Waals surface area contributed by atoms with Gasteiger partial charge in [-0.05, 0) is 37.3 Å². The Kier molecular flexibility index (Phi) is 3.21. The Balaban J connectivity index is 1.95. The number of hydrogen-bond donors (Lipinski definition) is 2. The smallest absolute Gasteiger partial charge is 0.0594 e. The zero-order chi connectivity index (χ0) is 13.9. The predicted octanol–water partition coefficient (Wildman–Crippen LogP) is 3.13. The van der Waals surface area contributed by atoms with E-state index in [1.165, 1.54) is 0 Å². The van der Waals surface area contributed by atoms with Crippen molar-refractivity contribution in [1.29, 1.82) is 0 Å². The Morgan fingerprint density at radius 2 is 2.00 bits per heavy atom. The highest BCUT2D eigenvalue weighted by atomic mass is 14.9. The highest BCUT2D eigenvalue weighted by Crippen LogP contribution is 2.28. The highest BCUT2D eigenvalue weighted by molar-refractivity contribution is 6.00. The number of fused-ring (bicyclic) bond motifs is 1. The second-order valence-corrected chi connectivity index (χ2v) is 4.75. The molecule has 0 spiro atoms. The van der Waals surface area contributed by atoms with Crippen LogP contribution in [-0.4, -0.2) is 9.97 Å². The van der Waals surface area contributed by atoms with Crippen molar-refractivity contribution in [2.24, 2.45) is 0 Å². The van der Waals surface area contributed by atoms with Crippen LogP contribution in [0.15, 0.2) is 48.8 Å². The molecule has 4 nitrogen and oxygen atoms in total.